The number of nitrogens with zero attached hydrogens (tertiary/aromatic N) is 1. The van der Waals surface area contributed by atoms with Gasteiger partial charge in [0.05, 0.1) is 10.5 Å². The smallest absolute Gasteiger partial charge is 0.339 e. The number of nitrogens with one attached hydrogen (secondary N) is 2. The zero-order chi connectivity index (χ0) is 20.7. The number of hydrogen-bond acceptors (Lipinski definition) is 6. The molecule has 0 aliphatic heterocycles. The maximum absolute atomic E-state index is 12.3. The summed E-state index contributed by atoms with van der Waals surface area (Å²) in [7, 11) is 0. The highest BCUT2D eigenvalue weighted by molar-refractivity contribution is 5.94. The lowest BCUT2D eigenvalue weighted by Crippen LogP contribution is -2.37. The van der Waals surface area contributed by atoms with Crippen LogP contribution in [0.1, 0.15) is 31.1 Å². The van der Waals surface area contributed by atoms with Crippen molar-refractivity contribution in [2.24, 2.45) is 5.92 Å². The summed E-state index contributed by atoms with van der Waals surface area (Å²) in [6, 6.07) is 12.9. The van der Waals surface area contributed by atoms with Gasteiger partial charge in [0.25, 0.3) is 11.6 Å². The minimum atomic E-state index is -1.01. The average molecular weight is 385 g/mol. The molecule has 2 rings (SSSR count). The van der Waals surface area contributed by atoms with Crippen LogP contribution in [0.25, 0.3) is 0 Å². The molecule has 28 heavy (non-hydrogen) atoms. The van der Waals surface area contributed by atoms with E-state index in [4.69, 9.17) is 4.74 Å². The third-order valence-corrected chi connectivity index (χ3v) is 3.82. The summed E-state index contributed by atoms with van der Waals surface area (Å²) in [6.07, 6.45) is -1.01. The van der Waals surface area contributed by atoms with Crippen LogP contribution in [-0.4, -0.2) is 29.4 Å². The second-order valence-electron chi connectivity index (χ2n) is 6.67. The first-order valence-electron chi connectivity index (χ1n) is 8.87. The summed E-state index contributed by atoms with van der Waals surface area (Å²) >= 11 is 0. The van der Waals surface area contributed by atoms with Gasteiger partial charge in [-0.25, -0.2) is 4.79 Å². The van der Waals surface area contributed by atoms with Crippen LogP contribution >= 0.6 is 0 Å². The number of hydrogen-bond donors (Lipinski definition) is 2. The van der Waals surface area contributed by atoms with E-state index in [1.807, 2.05) is 19.9 Å². The van der Waals surface area contributed by atoms with E-state index in [0.29, 0.717) is 12.2 Å². The summed E-state index contributed by atoms with van der Waals surface area (Å²) < 4.78 is 5.13. The molecule has 2 N–H and O–H groups in total. The van der Waals surface area contributed by atoms with Gasteiger partial charge in [-0.1, -0.05) is 32.0 Å². The minimum absolute atomic E-state index is 0.00572. The van der Waals surface area contributed by atoms with E-state index < -0.39 is 22.9 Å². The Labute approximate surface area is 163 Å². The molecule has 0 spiro atoms. The van der Waals surface area contributed by atoms with E-state index in [-0.39, 0.29) is 22.9 Å². The molecule has 0 heterocycles. The molecule has 0 unspecified atom stereocenters. The fraction of sp³-hybridized carbons (Fsp3) is 0.300. The highest BCUT2D eigenvalue weighted by Crippen LogP contribution is 2.29. The van der Waals surface area contributed by atoms with Gasteiger partial charge in [0.1, 0.15) is 5.69 Å². The highest BCUT2D eigenvalue weighted by Gasteiger charge is 2.22. The fourth-order valence-electron chi connectivity index (χ4n) is 2.32. The monoisotopic (exact) mass is 385 g/mol. The van der Waals surface area contributed by atoms with Crippen molar-refractivity contribution < 1.29 is 19.2 Å². The number of ether oxygens (including phenoxy) is 1. The molecule has 8 nitrogen and oxygen atoms in total. The van der Waals surface area contributed by atoms with Gasteiger partial charge < -0.3 is 15.4 Å². The second-order valence-corrected chi connectivity index (χ2v) is 6.67. The van der Waals surface area contributed by atoms with Crippen molar-refractivity contribution in [1.82, 2.24) is 5.32 Å². The van der Waals surface area contributed by atoms with Crippen LogP contribution in [-0.2, 0) is 9.53 Å². The van der Waals surface area contributed by atoms with Gasteiger partial charge in [-0.3, -0.25) is 14.9 Å². The van der Waals surface area contributed by atoms with Crippen molar-refractivity contribution in [2.75, 3.05) is 11.9 Å². The number of para-hydroxylation sites is 1. The van der Waals surface area contributed by atoms with Crippen LogP contribution in [0.5, 0.6) is 0 Å². The second kappa shape index (κ2) is 9.50. The summed E-state index contributed by atoms with van der Waals surface area (Å²) in [6.45, 7) is 5.81. The number of esters is 1. The molecule has 2 aromatic rings. The Hall–Kier alpha value is -3.42. The average Bonchev–Trinajstić information content (AvgIpc) is 2.66. The lowest BCUT2D eigenvalue weighted by atomic mass is 10.1. The number of amides is 1. The maximum atomic E-state index is 12.3. The van der Waals surface area contributed by atoms with Crippen molar-refractivity contribution in [3.63, 3.8) is 0 Å². The quantitative estimate of drug-likeness (QED) is 0.408. The van der Waals surface area contributed by atoms with E-state index in [9.17, 15) is 19.7 Å². The standard InChI is InChI=1S/C20H23N3O5/c1-13(2)12-21-19(24)14(3)28-20(25)15-9-10-17(18(11-15)23(26)27)22-16-7-5-4-6-8-16/h4-11,13-14,22H,12H2,1-3H3,(H,21,24)/t14-/m1/s1. The van der Waals surface area contributed by atoms with Crippen LogP contribution in [0, 0.1) is 16.0 Å². The first-order chi connectivity index (χ1) is 13.3. The van der Waals surface area contributed by atoms with Gasteiger partial charge in [0.2, 0.25) is 0 Å². The number of rotatable bonds is 8. The molecule has 2 aromatic carbocycles. The van der Waals surface area contributed by atoms with Crippen molar-refractivity contribution >= 4 is 28.9 Å². The van der Waals surface area contributed by atoms with Crippen molar-refractivity contribution in [2.45, 2.75) is 26.9 Å². The third kappa shape index (κ3) is 5.80. The summed E-state index contributed by atoms with van der Waals surface area (Å²) in [4.78, 5) is 35.1. The van der Waals surface area contributed by atoms with Crippen LogP contribution in [0.4, 0.5) is 17.1 Å². The number of benzene rings is 2. The van der Waals surface area contributed by atoms with Gasteiger partial charge in [-0.15, -0.1) is 0 Å². The van der Waals surface area contributed by atoms with Gasteiger partial charge >= 0.3 is 5.97 Å². The van der Waals surface area contributed by atoms with E-state index in [1.54, 1.807) is 24.3 Å². The molecular weight excluding hydrogens is 362 g/mol. The number of anilines is 2. The van der Waals surface area contributed by atoms with Gasteiger partial charge in [-0.05, 0) is 37.1 Å². The molecule has 0 aliphatic carbocycles. The van der Waals surface area contributed by atoms with Crippen LogP contribution in [0.2, 0.25) is 0 Å². The Kier molecular flexibility index (Phi) is 7.08. The normalized spacial score (nSPS) is 11.6. The van der Waals surface area contributed by atoms with Gasteiger partial charge in [0.15, 0.2) is 6.10 Å². The molecule has 0 aliphatic rings. The lowest BCUT2D eigenvalue weighted by molar-refractivity contribution is -0.383. The molecule has 0 saturated heterocycles. The first kappa shape index (κ1) is 20.9. The zero-order valence-corrected chi connectivity index (χ0v) is 16.0. The number of carbonyl (C=O) groups excluding carboxylic acids is 2. The van der Waals surface area contributed by atoms with Crippen molar-refractivity contribution in [3.8, 4) is 0 Å². The number of nitro benzene ring substituents is 1. The van der Waals surface area contributed by atoms with E-state index in [1.165, 1.54) is 19.1 Å². The molecular formula is C20H23N3O5. The van der Waals surface area contributed by atoms with Crippen LogP contribution in [0.15, 0.2) is 48.5 Å². The van der Waals surface area contributed by atoms with E-state index >= 15 is 0 Å². The topological polar surface area (TPSA) is 111 Å². The highest BCUT2D eigenvalue weighted by atomic mass is 16.6. The molecule has 0 fully saturated rings. The van der Waals surface area contributed by atoms with E-state index in [2.05, 4.69) is 10.6 Å². The zero-order valence-electron chi connectivity index (χ0n) is 16.0. The fourth-order valence-corrected chi connectivity index (χ4v) is 2.32. The molecule has 1 amide bonds. The summed E-state index contributed by atoms with van der Waals surface area (Å²) in [5, 5.41) is 17.0. The Morgan fingerprint density at radius 1 is 1.11 bits per heavy atom. The Balaban J connectivity index is 2.13. The van der Waals surface area contributed by atoms with Gasteiger partial charge in [-0.2, -0.15) is 0 Å². The van der Waals surface area contributed by atoms with Crippen molar-refractivity contribution in [1.29, 1.82) is 0 Å². The van der Waals surface area contributed by atoms with Crippen LogP contribution in [0.3, 0.4) is 0 Å². The van der Waals surface area contributed by atoms with Gasteiger partial charge in [0, 0.05) is 18.3 Å². The third-order valence-electron chi connectivity index (χ3n) is 3.82. The molecule has 8 heteroatoms. The molecule has 0 saturated carbocycles. The van der Waals surface area contributed by atoms with E-state index in [0.717, 1.165) is 6.07 Å². The first-order valence-corrected chi connectivity index (χ1v) is 8.87. The molecule has 148 valence electrons. The summed E-state index contributed by atoms with van der Waals surface area (Å²) in [5.74, 6) is -0.959. The molecule has 1 atom stereocenters. The molecule has 0 radical (unpaired) electrons. The Bertz CT molecular complexity index is 852. The lowest BCUT2D eigenvalue weighted by Gasteiger charge is -2.15. The predicted molar refractivity (Wildman–Crippen MR) is 106 cm³/mol. The minimum Gasteiger partial charge on any atom is -0.449 e. The number of carbonyl (C=O) groups is 2. The molecule has 0 aromatic heterocycles. The van der Waals surface area contributed by atoms with Crippen LogP contribution < -0.4 is 10.6 Å². The Morgan fingerprint density at radius 3 is 2.39 bits per heavy atom. The molecule has 0 bridgehead atoms. The predicted octanol–water partition coefficient (Wildman–Crippen LogP) is 3.66. The summed E-state index contributed by atoms with van der Waals surface area (Å²) in [5.41, 5.74) is 0.649. The maximum Gasteiger partial charge on any atom is 0.339 e. The Morgan fingerprint density at radius 2 is 1.79 bits per heavy atom. The number of nitro groups is 1. The SMILES string of the molecule is CC(C)CNC(=O)[C@@H](C)OC(=O)c1ccc(Nc2ccccc2)c([N+](=O)[O-])c1. The van der Waals surface area contributed by atoms with Crippen molar-refractivity contribution in [3.05, 3.63) is 64.2 Å². The largest absolute Gasteiger partial charge is 0.449 e.